The Bertz CT molecular complexity index is 927. The molecule has 1 aromatic carbocycles. The van der Waals surface area contributed by atoms with Crippen LogP contribution in [-0.4, -0.2) is 8.80 Å². The quantitative estimate of drug-likeness (QED) is 0.351. The van der Waals surface area contributed by atoms with Gasteiger partial charge in [0.05, 0.1) is 0 Å². The summed E-state index contributed by atoms with van der Waals surface area (Å²) in [7, 11) is 14.0. The van der Waals surface area contributed by atoms with Gasteiger partial charge in [0.1, 0.15) is 0 Å². The Morgan fingerprint density at radius 3 is 1.83 bits per heavy atom. The van der Waals surface area contributed by atoms with E-state index in [0.717, 1.165) is 0 Å². The molecule has 29 heavy (non-hydrogen) atoms. The van der Waals surface area contributed by atoms with Crippen LogP contribution in [0.5, 0.6) is 0 Å². The number of fused-ring (bicyclic) bond motifs is 4. The molecule has 0 N–H and O–H groups in total. The molecule has 2 atom stereocenters. The Morgan fingerprint density at radius 2 is 1.28 bits per heavy atom. The molecule has 0 amide bonds. The summed E-state index contributed by atoms with van der Waals surface area (Å²) in [5, 5.41) is 3.48. The first-order valence-electron chi connectivity index (χ1n) is 11.4. The van der Waals surface area contributed by atoms with Gasteiger partial charge in [-0.05, 0) is 0 Å². The van der Waals surface area contributed by atoms with Gasteiger partial charge in [-0.1, -0.05) is 0 Å². The van der Waals surface area contributed by atoms with E-state index >= 15 is 0 Å². The molecule has 0 saturated carbocycles. The van der Waals surface area contributed by atoms with Gasteiger partial charge in [-0.15, -0.1) is 0 Å². The van der Waals surface area contributed by atoms with Crippen molar-refractivity contribution in [3.05, 3.63) is 80.7 Å². The van der Waals surface area contributed by atoms with Crippen LogP contribution >= 0.6 is 17.0 Å². The van der Waals surface area contributed by atoms with Gasteiger partial charge in [-0.25, -0.2) is 0 Å². The van der Waals surface area contributed by atoms with Gasteiger partial charge in [0.15, 0.2) is 0 Å². The van der Waals surface area contributed by atoms with Gasteiger partial charge in [0, 0.05) is 0 Å². The number of hydrogen-bond acceptors (Lipinski definition) is 0. The molecule has 6 rings (SSSR count). The molecule has 0 nitrogen and oxygen atoms in total. The molecule has 1 aromatic rings. The van der Waals surface area contributed by atoms with E-state index in [1.807, 2.05) is 0 Å². The molecular weight excluding hydrogens is 490 g/mol. The number of benzene rings is 1. The summed E-state index contributed by atoms with van der Waals surface area (Å²) in [5.41, 5.74) is 8.18. The van der Waals surface area contributed by atoms with E-state index in [1.54, 1.807) is 32.7 Å². The number of hydrogen-bond donors (Lipinski definition) is 0. The SMILES string of the molecule is [Cl][Zr]1([Cl])[CH]2C(=CC3=C2CCCC3)[SiH](Cc2ccccc2)C2=CC3=C(CCCC3)[CH]21. The Hall–Kier alpha value is -0.140. The van der Waals surface area contributed by atoms with Crippen LogP contribution in [0, 0.1) is 0 Å². The van der Waals surface area contributed by atoms with Crippen molar-refractivity contribution in [3.8, 4) is 0 Å². The first kappa shape index (κ1) is 19.5. The van der Waals surface area contributed by atoms with Crippen LogP contribution in [0.15, 0.2) is 75.2 Å². The molecule has 4 aliphatic carbocycles. The topological polar surface area (TPSA) is 0 Å². The zero-order valence-electron chi connectivity index (χ0n) is 16.9. The van der Waals surface area contributed by atoms with Gasteiger partial charge in [-0.2, -0.15) is 0 Å². The van der Waals surface area contributed by atoms with Crippen LogP contribution in [0.1, 0.15) is 56.9 Å². The monoisotopic (exact) mass is 516 g/mol. The molecule has 1 aliphatic heterocycles. The Kier molecular flexibility index (Phi) is 5.04. The maximum atomic E-state index is 7.63. The maximum absolute atomic E-state index is 7.63. The summed E-state index contributed by atoms with van der Waals surface area (Å²) in [6.45, 7) is 0. The van der Waals surface area contributed by atoms with Gasteiger partial charge in [0.2, 0.25) is 0 Å². The average molecular weight is 519 g/mol. The van der Waals surface area contributed by atoms with E-state index < -0.39 is 26.7 Å². The number of halogens is 2. The molecule has 0 bridgehead atoms. The summed E-state index contributed by atoms with van der Waals surface area (Å²) in [6.07, 6.45) is 15.6. The van der Waals surface area contributed by atoms with Gasteiger partial charge in [-0.3, -0.25) is 0 Å². The standard InChI is InChI=1S/C25H28Si.2ClH.Zr/c1-2-8-19(9-3-1)18-26(24-14-20-10-4-5-11-21(20)15-24)25-16-22-12-6-7-13-23(22)17-25;;;/h1-3,8-9,14-17,26H,4-7,10-13,18H2;2*1H;/q;;;+2/p-2. The zero-order chi connectivity index (χ0) is 19.6. The van der Waals surface area contributed by atoms with E-state index in [2.05, 4.69) is 42.5 Å². The van der Waals surface area contributed by atoms with E-state index in [-0.39, 0.29) is 0 Å². The van der Waals surface area contributed by atoms with Crippen molar-refractivity contribution in [1.82, 2.24) is 0 Å². The van der Waals surface area contributed by atoms with E-state index in [4.69, 9.17) is 17.0 Å². The van der Waals surface area contributed by atoms with Crippen molar-refractivity contribution in [2.24, 2.45) is 0 Å². The third-order valence-corrected chi connectivity index (χ3v) is 25.4. The summed E-state index contributed by atoms with van der Waals surface area (Å²) in [6, 6.07) is 12.4. The van der Waals surface area contributed by atoms with E-state index in [0.29, 0.717) is 7.25 Å². The van der Waals surface area contributed by atoms with E-state index in [9.17, 15) is 0 Å². The Morgan fingerprint density at radius 1 is 0.759 bits per heavy atom. The minimum absolute atomic E-state index is 0.485. The van der Waals surface area contributed by atoms with E-state index in [1.165, 1.54) is 63.0 Å². The second-order valence-corrected chi connectivity index (χ2v) is 27.1. The van der Waals surface area contributed by atoms with Crippen LogP contribution in [0.3, 0.4) is 0 Å². The molecule has 0 aromatic heterocycles. The summed E-state index contributed by atoms with van der Waals surface area (Å²) >= 11 is -3.42. The average Bonchev–Trinajstić information content (AvgIpc) is 3.32. The van der Waals surface area contributed by atoms with Crippen molar-refractivity contribution >= 4 is 25.8 Å². The van der Waals surface area contributed by atoms with Gasteiger partial charge < -0.3 is 0 Å². The predicted molar refractivity (Wildman–Crippen MR) is 124 cm³/mol. The molecule has 4 heteroatoms. The molecule has 150 valence electrons. The Labute approximate surface area is 187 Å². The Balaban J connectivity index is 1.49. The minimum atomic E-state index is -3.42. The first-order valence-corrected chi connectivity index (χ1v) is 22.6. The van der Waals surface area contributed by atoms with Crippen molar-refractivity contribution < 1.29 is 17.9 Å². The fourth-order valence-corrected chi connectivity index (χ4v) is 32.4. The summed E-state index contributed by atoms with van der Waals surface area (Å²) in [4.78, 5) is 0. The van der Waals surface area contributed by atoms with Crippen LogP contribution in [0.25, 0.3) is 0 Å². The van der Waals surface area contributed by atoms with Crippen LogP contribution in [0.2, 0.25) is 7.25 Å². The van der Waals surface area contributed by atoms with Crippen LogP contribution < -0.4 is 0 Å². The summed E-state index contributed by atoms with van der Waals surface area (Å²) in [5.74, 6) is 0. The molecule has 1 fully saturated rings. The first-order chi connectivity index (χ1) is 14.1. The van der Waals surface area contributed by atoms with Gasteiger partial charge in [0.25, 0.3) is 0 Å². The fraction of sp³-hybridized carbons (Fsp3) is 0.440. The molecular formula is C25H28Cl2SiZr. The van der Waals surface area contributed by atoms with Crippen molar-refractivity contribution in [2.75, 3.05) is 0 Å². The summed E-state index contributed by atoms with van der Waals surface area (Å²) < 4.78 is 0.971. The third kappa shape index (κ3) is 3.07. The van der Waals surface area contributed by atoms with Crippen LogP contribution in [0.4, 0.5) is 0 Å². The molecule has 1 saturated heterocycles. The molecule has 0 radical (unpaired) electrons. The van der Waals surface area contributed by atoms with Crippen LogP contribution in [-0.2, 0) is 23.9 Å². The van der Waals surface area contributed by atoms with Crippen molar-refractivity contribution in [2.45, 2.75) is 64.7 Å². The fourth-order valence-electron chi connectivity index (χ4n) is 6.82. The molecule has 5 aliphatic rings. The second kappa shape index (κ2) is 7.47. The number of rotatable bonds is 2. The molecule has 1 heterocycles. The molecule has 2 unspecified atom stereocenters. The zero-order valence-corrected chi connectivity index (χ0v) is 22.0. The molecule has 0 spiro atoms. The third-order valence-electron chi connectivity index (χ3n) is 8.01. The number of allylic oxidation sites excluding steroid dienone is 8. The van der Waals surface area contributed by atoms with Crippen molar-refractivity contribution in [1.29, 1.82) is 0 Å². The normalized spacial score (nSPS) is 32.3. The van der Waals surface area contributed by atoms with Crippen molar-refractivity contribution in [3.63, 3.8) is 0 Å². The van der Waals surface area contributed by atoms with Gasteiger partial charge >= 0.3 is 189 Å². The predicted octanol–water partition coefficient (Wildman–Crippen LogP) is 7.75. The second-order valence-electron chi connectivity index (χ2n) is 9.59.